The molecule has 0 aromatic heterocycles. The van der Waals surface area contributed by atoms with Gasteiger partial charge in [-0.2, -0.15) is 12.6 Å². The molecule has 6 heteroatoms. The van der Waals surface area contributed by atoms with Crippen molar-refractivity contribution in [2.24, 2.45) is 11.5 Å². The number of hydrogen-bond acceptors (Lipinski definition) is 5. The zero-order valence-corrected chi connectivity index (χ0v) is 5.95. The molecule has 0 saturated heterocycles. The molecule has 0 saturated carbocycles. The minimum absolute atomic E-state index is 0.364. The van der Waals surface area contributed by atoms with Crippen LogP contribution in [0.25, 0.3) is 0 Å². The van der Waals surface area contributed by atoms with E-state index in [2.05, 4.69) is 23.1 Å². The van der Waals surface area contributed by atoms with E-state index in [0.29, 0.717) is 6.29 Å². The lowest BCUT2D eigenvalue weighted by molar-refractivity contribution is -0.114. The lowest BCUT2D eigenvalue weighted by Gasteiger charge is -2.11. The van der Waals surface area contributed by atoms with Crippen LogP contribution in [0.15, 0.2) is 0 Å². The first kappa shape index (κ1) is 9.25. The number of aldehydes is 1. The predicted octanol–water partition coefficient (Wildman–Crippen LogP) is -1.14. The molecule has 0 aliphatic heterocycles. The maximum absolute atomic E-state index is 10.0. The Morgan fingerprint density at radius 2 is 2.20 bits per heavy atom. The fourth-order valence-electron chi connectivity index (χ4n) is 0.312. The molecule has 0 fully saturated rings. The smallest absolute Gasteiger partial charge is 0.405 e. The number of carbonyl (C=O) groups excluding carboxylic acids is 2. The summed E-state index contributed by atoms with van der Waals surface area (Å²) in [6.45, 7) is 0. The Morgan fingerprint density at radius 1 is 1.70 bits per heavy atom. The summed E-state index contributed by atoms with van der Waals surface area (Å²) in [5.74, 6) is 0. The SMILES string of the molecule is NC(=O)OC(C=O)[C@H](N)S. The highest BCUT2D eigenvalue weighted by atomic mass is 32.1. The Balaban J connectivity index is 3.83. The zero-order valence-electron chi connectivity index (χ0n) is 5.06. The van der Waals surface area contributed by atoms with Gasteiger partial charge in [0, 0.05) is 0 Å². The molecule has 0 bridgehead atoms. The van der Waals surface area contributed by atoms with Crippen molar-refractivity contribution in [1.82, 2.24) is 0 Å². The fraction of sp³-hybridized carbons (Fsp3) is 0.500. The highest BCUT2D eigenvalue weighted by Gasteiger charge is 2.15. The van der Waals surface area contributed by atoms with Gasteiger partial charge in [0.25, 0.3) is 0 Å². The van der Waals surface area contributed by atoms with Gasteiger partial charge in [-0.05, 0) is 0 Å². The molecule has 0 rings (SSSR count). The van der Waals surface area contributed by atoms with E-state index in [0.717, 1.165) is 0 Å². The lowest BCUT2D eigenvalue weighted by atomic mass is 10.4. The van der Waals surface area contributed by atoms with Gasteiger partial charge in [-0.1, -0.05) is 0 Å². The molecule has 0 heterocycles. The van der Waals surface area contributed by atoms with Crippen LogP contribution in [0.3, 0.4) is 0 Å². The summed E-state index contributed by atoms with van der Waals surface area (Å²) in [6, 6.07) is 0. The van der Waals surface area contributed by atoms with Crippen molar-refractivity contribution in [2.45, 2.75) is 11.5 Å². The second-order valence-electron chi connectivity index (χ2n) is 1.53. The lowest BCUT2D eigenvalue weighted by Crippen LogP contribution is -2.36. The molecule has 1 unspecified atom stereocenters. The van der Waals surface area contributed by atoms with Gasteiger partial charge < -0.3 is 16.2 Å². The van der Waals surface area contributed by atoms with E-state index in [4.69, 9.17) is 5.73 Å². The van der Waals surface area contributed by atoms with Crippen LogP contribution in [0.2, 0.25) is 0 Å². The number of ether oxygens (including phenoxy) is 1. The molecule has 0 aliphatic rings. The summed E-state index contributed by atoms with van der Waals surface area (Å²) in [4.78, 5) is 20.0. The maximum Gasteiger partial charge on any atom is 0.405 e. The third-order valence-corrected chi connectivity index (χ3v) is 1.02. The Hall–Kier alpha value is -0.750. The summed E-state index contributed by atoms with van der Waals surface area (Å²) in [5, 5.41) is -0.829. The van der Waals surface area contributed by atoms with Gasteiger partial charge in [-0.3, -0.25) is 4.79 Å². The predicted molar refractivity (Wildman–Crippen MR) is 37.5 cm³/mol. The first-order valence-corrected chi connectivity index (χ1v) is 2.94. The zero-order chi connectivity index (χ0) is 8.15. The van der Waals surface area contributed by atoms with Gasteiger partial charge in [0.15, 0.2) is 12.4 Å². The number of hydrogen-bond donors (Lipinski definition) is 3. The van der Waals surface area contributed by atoms with E-state index in [-0.39, 0.29) is 0 Å². The van der Waals surface area contributed by atoms with Gasteiger partial charge in [-0.25, -0.2) is 4.79 Å². The van der Waals surface area contributed by atoms with Crippen molar-refractivity contribution >= 4 is 25.0 Å². The average Bonchev–Trinajstić information content (AvgIpc) is 1.81. The first-order chi connectivity index (χ1) is 4.57. The monoisotopic (exact) mass is 164 g/mol. The number of nitrogens with two attached hydrogens (primary N) is 2. The Morgan fingerprint density at radius 3 is 2.30 bits per heavy atom. The largest absolute Gasteiger partial charge is 0.436 e. The van der Waals surface area contributed by atoms with Crippen molar-refractivity contribution in [3.8, 4) is 0 Å². The van der Waals surface area contributed by atoms with Gasteiger partial charge in [0.2, 0.25) is 0 Å². The van der Waals surface area contributed by atoms with Crippen LogP contribution in [0.1, 0.15) is 0 Å². The van der Waals surface area contributed by atoms with E-state index in [1.165, 1.54) is 0 Å². The minimum atomic E-state index is -1.07. The molecule has 1 amide bonds. The van der Waals surface area contributed by atoms with Crippen molar-refractivity contribution in [3.05, 3.63) is 0 Å². The van der Waals surface area contributed by atoms with Crippen LogP contribution >= 0.6 is 12.6 Å². The van der Waals surface area contributed by atoms with E-state index in [1.54, 1.807) is 0 Å². The van der Waals surface area contributed by atoms with Crippen LogP contribution in [0, 0.1) is 0 Å². The minimum Gasteiger partial charge on any atom is -0.436 e. The molecular formula is C4H8N2O3S. The Kier molecular flexibility index (Phi) is 3.82. The molecule has 0 spiro atoms. The number of amides is 1. The van der Waals surface area contributed by atoms with E-state index in [1.807, 2.05) is 0 Å². The summed E-state index contributed by atoms with van der Waals surface area (Å²) in [7, 11) is 0. The molecule has 10 heavy (non-hydrogen) atoms. The quantitative estimate of drug-likeness (QED) is 0.279. The molecule has 0 radical (unpaired) electrons. The van der Waals surface area contributed by atoms with Gasteiger partial charge in [0.1, 0.15) is 0 Å². The summed E-state index contributed by atoms with van der Waals surface area (Å²) >= 11 is 3.66. The van der Waals surface area contributed by atoms with E-state index in [9.17, 15) is 9.59 Å². The van der Waals surface area contributed by atoms with E-state index >= 15 is 0 Å². The van der Waals surface area contributed by atoms with Gasteiger partial charge in [0.05, 0.1) is 5.37 Å². The Labute approximate surface area is 63.1 Å². The molecule has 58 valence electrons. The standard InChI is InChI=1S/C4H8N2O3S/c5-3(10)2(1-7)9-4(6)8/h1-3,10H,5H2,(H2,6,8)/t2?,3-/m1/s1. The van der Waals surface area contributed by atoms with Crippen LogP contribution in [0.4, 0.5) is 4.79 Å². The maximum atomic E-state index is 10.0. The molecule has 5 nitrogen and oxygen atoms in total. The summed E-state index contributed by atoms with van der Waals surface area (Å²) in [5.41, 5.74) is 9.69. The van der Waals surface area contributed by atoms with Crippen molar-refractivity contribution in [3.63, 3.8) is 0 Å². The van der Waals surface area contributed by atoms with Crippen LogP contribution in [0.5, 0.6) is 0 Å². The normalized spacial score (nSPS) is 15.4. The van der Waals surface area contributed by atoms with E-state index < -0.39 is 17.6 Å². The number of primary amides is 1. The third kappa shape index (κ3) is 3.31. The van der Waals surface area contributed by atoms with Crippen LogP contribution < -0.4 is 11.5 Å². The second-order valence-corrected chi connectivity index (χ2v) is 2.12. The van der Waals surface area contributed by atoms with Crippen LogP contribution in [-0.2, 0) is 9.53 Å². The summed E-state index contributed by atoms with van der Waals surface area (Å²) < 4.78 is 4.23. The van der Waals surface area contributed by atoms with Gasteiger partial charge in [-0.15, -0.1) is 0 Å². The fourth-order valence-corrected chi connectivity index (χ4v) is 0.443. The number of carbonyl (C=O) groups is 2. The van der Waals surface area contributed by atoms with Gasteiger partial charge >= 0.3 is 6.09 Å². The molecular weight excluding hydrogens is 156 g/mol. The highest BCUT2D eigenvalue weighted by molar-refractivity contribution is 7.81. The van der Waals surface area contributed by atoms with Crippen LogP contribution in [-0.4, -0.2) is 23.9 Å². The van der Waals surface area contributed by atoms with Crippen molar-refractivity contribution in [1.29, 1.82) is 0 Å². The Bertz CT molecular complexity index is 138. The van der Waals surface area contributed by atoms with Crippen molar-refractivity contribution in [2.75, 3.05) is 0 Å². The molecule has 4 N–H and O–H groups in total. The molecule has 0 aliphatic carbocycles. The number of rotatable bonds is 3. The first-order valence-electron chi connectivity index (χ1n) is 2.43. The molecule has 2 atom stereocenters. The summed E-state index contributed by atoms with van der Waals surface area (Å²) in [6.07, 6.45) is -1.75. The third-order valence-electron chi connectivity index (χ3n) is 0.723. The average molecular weight is 164 g/mol. The van der Waals surface area contributed by atoms with Crippen molar-refractivity contribution < 1.29 is 14.3 Å². The molecule has 0 aromatic carbocycles. The topological polar surface area (TPSA) is 95.4 Å². The second kappa shape index (κ2) is 4.13. The number of thiol groups is 1. The highest BCUT2D eigenvalue weighted by Crippen LogP contribution is 1.96. The molecule has 0 aromatic rings.